The van der Waals surface area contributed by atoms with Crippen LogP contribution in [-0.4, -0.2) is 26.9 Å². The van der Waals surface area contributed by atoms with Crippen LogP contribution in [0.15, 0.2) is 30.5 Å². The predicted octanol–water partition coefficient (Wildman–Crippen LogP) is 1.90. The fourth-order valence-electron chi connectivity index (χ4n) is 1.84. The maximum atomic E-state index is 10.9. The molecule has 0 unspecified atom stereocenters. The molecule has 0 amide bonds. The molecule has 3 rings (SSSR count). The lowest BCUT2D eigenvalue weighted by molar-refractivity contribution is 0.112. The zero-order valence-corrected chi connectivity index (χ0v) is 11.0. The fraction of sp³-hybridized carbons (Fsp3) is 0. The Kier molecular flexibility index (Phi) is 2.96. The Morgan fingerprint density at radius 1 is 1.35 bits per heavy atom. The van der Waals surface area contributed by atoms with Crippen LogP contribution in [0.1, 0.15) is 21.1 Å². The van der Waals surface area contributed by atoms with Gasteiger partial charge in [0.25, 0.3) is 0 Å². The largest absolute Gasteiger partial charge is 0.368 e. The number of aromatic nitrogens is 3. The number of carbonyl (C=O) groups is 1. The van der Waals surface area contributed by atoms with Crippen molar-refractivity contribution in [2.75, 3.05) is 5.73 Å². The van der Waals surface area contributed by atoms with E-state index < -0.39 is 0 Å². The highest BCUT2D eigenvalue weighted by atomic mass is 32.1. The third kappa shape index (κ3) is 2.04. The molecule has 3 N–H and O–H groups in total. The van der Waals surface area contributed by atoms with Crippen LogP contribution in [-0.2, 0) is 0 Å². The van der Waals surface area contributed by atoms with Crippen molar-refractivity contribution in [2.24, 2.45) is 0 Å². The molecule has 0 saturated heterocycles. The van der Waals surface area contributed by atoms with Crippen molar-refractivity contribution < 1.29 is 4.79 Å². The maximum absolute atomic E-state index is 10.9. The molecule has 0 aliphatic rings. The second kappa shape index (κ2) is 4.78. The zero-order chi connectivity index (χ0) is 14.1. The molecule has 20 heavy (non-hydrogen) atoms. The highest BCUT2D eigenvalue weighted by Crippen LogP contribution is 2.26. The number of hydrogen-bond acceptors (Lipinski definition) is 7. The number of nitrogens with one attached hydrogen (secondary N) is 1. The summed E-state index contributed by atoms with van der Waals surface area (Å²) >= 11 is 1.22. The van der Waals surface area contributed by atoms with Gasteiger partial charge >= 0.3 is 0 Å². The first-order valence-corrected chi connectivity index (χ1v) is 6.53. The molecular weight excluding hydrogens is 274 g/mol. The van der Waals surface area contributed by atoms with Crippen molar-refractivity contribution in [3.05, 3.63) is 46.7 Å². The van der Waals surface area contributed by atoms with Crippen molar-refractivity contribution in [3.63, 3.8) is 0 Å². The number of nitrogens with zero attached hydrogens (tertiary/aromatic N) is 3. The number of fused-ring (bicyclic) bond motifs is 1. The van der Waals surface area contributed by atoms with Crippen LogP contribution in [0.2, 0.25) is 0 Å². The summed E-state index contributed by atoms with van der Waals surface area (Å²) in [5.74, 6) is 0.0764. The van der Waals surface area contributed by atoms with Crippen LogP contribution in [0.5, 0.6) is 0 Å². The summed E-state index contributed by atoms with van der Waals surface area (Å²) in [6.45, 7) is 0. The smallest absolute Gasteiger partial charge is 0.222 e. The van der Waals surface area contributed by atoms with E-state index >= 15 is 0 Å². The lowest BCUT2D eigenvalue weighted by Gasteiger charge is -2.04. The summed E-state index contributed by atoms with van der Waals surface area (Å²) in [6, 6.07) is 6.96. The van der Waals surface area contributed by atoms with Crippen LogP contribution < -0.4 is 5.73 Å². The molecule has 0 atom stereocenters. The minimum Gasteiger partial charge on any atom is -0.368 e. The Morgan fingerprint density at radius 2 is 2.20 bits per heavy atom. The minimum atomic E-state index is 0.0764. The SMILES string of the molecule is N=C(c1ccccn1)c1nc(N)nc2sc(C=O)cc12. The van der Waals surface area contributed by atoms with Crippen molar-refractivity contribution >= 4 is 39.5 Å². The van der Waals surface area contributed by atoms with Gasteiger partial charge in [0.1, 0.15) is 16.2 Å². The van der Waals surface area contributed by atoms with E-state index in [1.54, 1.807) is 30.5 Å². The molecule has 0 aliphatic heterocycles. The third-order valence-corrected chi connectivity index (χ3v) is 3.66. The molecule has 3 heterocycles. The predicted molar refractivity (Wildman–Crippen MR) is 77.4 cm³/mol. The van der Waals surface area contributed by atoms with Crippen LogP contribution in [0.25, 0.3) is 10.2 Å². The van der Waals surface area contributed by atoms with Gasteiger partial charge in [-0.1, -0.05) is 6.07 Å². The van der Waals surface area contributed by atoms with E-state index in [0.29, 0.717) is 26.5 Å². The fourth-order valence-corrected chi connectivity index (χ4v) is 2.69. The normalized spacial score (nSPS) is 10.6. The molecule has 0 spiro atoms. The first-order chi connectivity index (χ1) is 9.69. The average molecular weight is 283 g/mol. The van der Waals surface area contributed by atoms with Gasteiger partial charge in [0.2, 0.25) is 5.95 Å². The molecule has 3 aromatic heterocycles. The van der Waals surface area contributed by atoms with Gasteiger partial charge in [0, 0.05) is 11.6 Å². The minimum absolute atomic E-state index is 0.0764. The number of aldehydes is 1. The molecule has 0 saturated carbocycles. The van der Waals surface area contributed by atoms with Gasteiger partial charge in [-0.15, -0.1) is 11.3 Å². The van der Waals surface area contributed by atoms with Crippen molar-refractivity contribution in [2.45, 2.75) is 0 Å². The number of thiophene rings is 1. The molecule has 7 heteroatoms. The maximum Gasteiger partial charge on any atom is 0.222 e. The lowest BCUT2D eigenvalue weighted by Crippen LogP contribution is -2.09. The van der Waals surface area contributed by atoms with Crippen LogP contribution in [0.3, 0.4) is 0 Å². The molecule has 3 aromatic rings. The Hall–Kier alpha value is -2.67. The Morgan fingerprint density at radius 3 is 2.90 bits per heavy atom. The molecule has 6 nitrogen and oxygen atoms in total. The van der Waals surface area contributed by atoms with Gasteiger partial charge < -0.3 is 5.73 Å². The first kappa shape index (κ1) is 12.4. The highest BCUT2D eigenvalue weighted by molar-refractivity contribution is 7.20. The van der Waals surface area contributed by atoms with Crippen molar-refractivity contribution in [1.82, 2.24) is 15.0 Å². The van der Waals surface area contributed by atoms with Gasteiger partial charge in [0.15, 0.2) is 6.29 Å². The van der Waals surface area contributed by atoms with Crippen molar-refractivity contribution in [3.8, 4) is 0 Å². The third-order valence-electron chi connectivity index (χ3n) is 2.70. The quantitative estimate of drug-likeness (QED) is 0.564. The summed E-state index contributed by atoms with van der Waals surface area (Å²) < 4.78 is 0. The van der Waals surface area contributed by atoms with Gasteiger partial charge in [0.05, 0.1) is 10.6 Å². The first-order valence-electron chi connectivity index (χ1n) is 5.71. The van der Waals surface area contributed by atoms with Gasteiger partial charge in [-0.3, -0.25) is 15.2 Å². The molecule has 0 radical (unpaired) electrons. The summed E-state index contributed by atoms with van der Waals surface area (Å²) in [7, 11) is 0. The topological polar surface area (TPSA) is 106 Å². The van der Waals surface area contributed by atoms with E-state index in [-0.39, 0.29) is 11.7 Å². The number of nitrogen functional groups attached to an aromatic ring is 1. The Bertz CT molecular complexity index is 812. The number of pyridine rings is 1. The Balaban J connectivity index is 2.22. The Labute approximate surface area is 117 Å². The molecule has 0 aromatic carbocycles. The van der Waals surface area contributed by atoms with E-state index in [1.165, 1.54) is 11.3 Å². The monoisotopic (exact) mass is 283 g/mol. The second-order valence-corrected chi connectivity index (χ2v) is 5.07. The molecular formula is C13H9N5OS. The van der Waals surface area contributed by atoms with E-state index in [0.717, 1.165) is 6.29 Å². The van der Waals surface area contributed by atoms with E-state index in [2.05, 4.69) is 15.0 Å². The van der Waals surface area contributed by atoms with Crippen molar-refractivity contribution in [1.29, 1.82) is 5.41 Å². The second-order valence-electron chi connectivity index (χ2n) is 4.01. The summed E-state index contributed by atoms with van der Waals surface area (Å²) in [6.07, 6.45) is 2.35. The molecule has 98 valence electrons. The summed E-state index contributed by atoms with van der Waals surface area (Å²) in [5, 5.41) is 8.86. The number of hydrogen-bond donors (Lipinski definition) is 2. The number of rotatable bonds is 3. The highest BCUT2D eigenvalue weighted by Gasteiger charge is 2.16. The lowest BCUT2D eigenvalue weighted by atomic mass is 10.1. The van der Waals surface area contributed by atoms with E-state index in [9.17, 15) is 4.79 Å². The number of carbonyl (C=O) groups excluding carboxylic acids is 1. The van der Waals surface area contributed by atoms with Gasteiger partial charge in [-0.2, -0.15) is 0 Å². The standard InChI is InChI=1S/C13H9N5OS/c14-10(9-3-1-2-4-16-9)11-8-5-7(6-19)20-12(8)18-13(15)17-11/h1-6,14H,(H2,15,17,18). The molecule has 0 bridgehead atoms. The van der Waals surface area contributed by atoms with E-state index in [1.807, 2.05) is 0 Å². The number of nitrogens with two attached hydrogens (primary N) is 1. The molecule has 0 aliphatic carbocycles. The van der Waals surface area contributed by atoms with Crippen LogP contribution in [0, 0.1) is 5.41 Å². The average Bonchev–Trinajstić information content (AvgIpc) is 2.89. The zero-order valence-electron chi connectivity index (χ0n) is 10.2. The van der Waals surface area contributed by atoms with Crippen LogP contribution in [0.4, 0.5) is 5.95 Å². The van der Waals surface area contributed by atoms with Gasteiger partial charge in [-0.25, -0.2) is 9.97 Å². The van der Waals surface area contributed by atoms with Gasteiger partial charge in [-0.05, 0) is 18.2 Å². The summed E-state index contributed by atoms with van der Waals surface area (Å²) in [4.78, 5) is 24.3. The van der Waals surface area contributed by atoms with E-state index in [4.69, 9.17) is 11.1 Å². The number of anilines is 1. The van der Waals surface area contributed by atoms with Crippen LogP contribution >= 0.6 is 11.3 Å². The molecule has 0 fully saturated rings. The summed E-state index contributed by atoms with van der Waals surface area (Å²) in [5.41, 5.74) is 6.70.